The van der Waals surface area contributed by atoms with Gasteiger partial charge in [0.2, 0.25) is 0 Å². The normalized spacial score (nSPS) is 19.8. The number of nitrogen functional groups attached to an aromatic ring is 1. The molecule has 5 N–H and O–H groups in total. The molecule has 0 radical (unpaired) electrons. The molecule has 27 heavy (non-hydrogen) atoms. The second-order valence-corrected chi connectivity index (χ2v) is 6.46. The van der Waals surface area contributed by atoms with Gasteiger partial charge in [-0.1, -0.05) is 0 Å². The molecule has 1 aliphatic carbocycles. The van der Waals surface area contributed by atoms with E-state index >= 15 is 0 Å². The maximum Gasteiger partial charge on any atom is 0.294 e. The molecule has 0 amide bonds. The van der Waals surface area contributed by atoms with E-state index in [2.05, 4.69) is 15.3 Å². The van der Waals surface area contributed by atoms with Crippen molar-refractivity contribution in [2.24, 2.45) is 9.98 Å². The Bertz CT molecular complexity index is 888. The van der Waals surface area contributed by atoms with Gasteiger partial charge in [-0.2, -0.15) is 0 Å². The number of nitrogens with zero attached hydrogens (tertiary/aromatic N) is 4. The Morgan fingerprint density at radius 2 is 1.85 bits per heavy atom. The quantitative estimate of drug-likeness (QED) is 0.519. The number of aliphatic imine (C=N–C) groups is 2. The molecule has 9 heteroatoms. The zero-order valence-corrected chi connectivity index (χ0v) is 15.5. The van der Waals surface area contributed by atoms with Crippen LogP contribution in [0.1, 0.15) is 19.8 Å². The number of anilines is 1. The van der Waals surface area contributed by atoms with Crippen molar-refractivity contribution in [1.82, 2.24) is 14.7 Å². The number of aromatic nitrogens is 2. The van der Waals surface area contributed by atoms with Crippen LogP contribution in [-0.2, 0) is 13.1 Å². The topological polar surface area (TPSA) is 130 Å². The van der Waals surface area contributed by atoms with Crippen LogP contribution in [0.5, 0.6) is 0 Å². The minimum Gasteiger partial charge on any atom is -0.395 e. The molecule has 0 spiro atoms. The molecular weight excluding hydrogens is 348 g/mol. The van der Waals surface area contributed by atoms with Gasteiger partial charge in [0, 0.05) is 19.6 Å². The largest absolute Gasteiger partial charge is 0.395 e. The van der Waals surface area contributed by atoms with Crippen LogP contribution in [0.25, 0.3) is 0 Å². The average molecular weight is 374 g/mol. The van der Waals surface area contributed by atoms with E-state index in [1.807, 2.05) is 6.92 Å². The molecular formula is C18H26N6O3. The van der Waals surface area contributed by atoms with Crippen molar-refractivity contribution in [1.29, 1.82) is 0 Å². The van der Waals surface area contributed by atoms with Gasteiger partial charge < -0.3 is 21.3 Å². The zero-order chi connectivity index (χ0) is 19.4. The van der Waals surface area contributed by atoms with Crippen molar-refractivity contribution in [2.45, 2.75) is 32.9 Å². The first-order chi connectivity index (χ1) is 13.1. The average Bonchev–Trinajstić information content (AvgIpc) is 2.92. The van der Waals surface area contributed by atoms with Crippen LogP contribution in [0.15, 0.2) is 38.2 Å². The molecule has 0 atom stereocenters. The second-order valence-electron chi connectivity index (χ2n) is 6.46. The first kappa shape index (κ1) is 19.1. The fraction of sp³-hybridized carbons (Fsp3) is 0.500. The molecule has 3 rings (SSSR count). The Kier molecular flexibility index (Phi) is 5.92. The van der Waals surface area contributed by atoms with Crippen LogP contribution in [0.4, 0.5) is 11.5 Å². The van der Waals surface area contributed by atoms with Crippen molar-refractivity contribution in [3.63, 3.8) is 0 Å². The van der Waals surface area contributed by atoms with E-state index in [-0.39, 0.29) is 24.5 Å². The summed E-state index contributed by atoms with van der Waals surface area (Å²) < 4.78 is 3.44. The Balaban J connectivity index is 2.05. The zero-order valence-electron chi connectivity index (χ0n) is 15.5. The van der Waals surface area contributed by atoms with Crippen LogP contribution >= 0.6 is 0 Å². The van der Waals surface area contributed by atoms with E-state index in [1.165, 1.54) is 0 Å². The van der Waals surface area contributed by atoms with E-state index in [1.54, 1.807) is 21.5 Å². The van der Waals surface area contributed by atoms with E-state index in [0.29, 0.717) is 43.4 Å². The van der Waals surface area contributed by atoms with E-state index < -0.39 is 0 Å². The van der Waals surface area contributed by atoms with Gasteiger partial charge in [0.05, 0.1) is 36.9 Å². The van der Waals surface area contributed by atoms with Crippen LogP contribution in [0, 0.1) is 0 Å². The third-order valence-corrected chi connectivity index (χ3v) is 4.68. The molecule has 9 nitrogen and oxygen atoms in total. The maximum absolute atomic E-state index is 12.7. The van der Waals surface area contributed by atoms with E-state index in [4.69, 9.17) is 10.8 Å². The third-order valence-electron chi connectivity index (χ3n) is 4.68. The lowest BCUT2D eigenvalue weighted by Crippen LogP contribution is -2.28. The number of rotatable bonds is 6. The van der Waals surface area contributed by atoms with Gasteiger partial charge in [-0.05, 0) is 37.5 Å². The molecule has 0 saturated carbocycles. The predicted octanol–water partition coefficient (Wildman–Crippen LogP) is -0.0427. The smallest absolute Gasteiger partial charge is 0.294 e. The summed E-state index contributed by atoms with van der Waals surface area (Å²) in [6.07, 6.45) is 5.51. The summed E-state index contributed by atoms with van der Waals surface area (Å²) >= 11 is 0. The van der Waals surface area contributed by atoms with Crippen molar-refractivity contribution >= 4 is 22.9 Å². The number of nitrogens with one attached hydrogen (secondary N) is 1. The van der Waals surface area contributed by atoms with Gasteiger partial charge in [-0.15, -0.1) is 0 Å². The monoisotopic (exact) mass is 374 g/mol. The molecule has 1 aliphatic heterocycles. The Morgan fingerprint density at radius 1 is 1.15 bits per heavy atom. The third kappa shape index (κ3) is 3.74. The summed E-state index contributed by atoms with van der Waals surface area (Å²) in [6, 6.07) is 0. The van der Waals surface area contributed by atoms with Crippen LogP contribution in [0.3, 0.4) is 0 Å². The number of hydrogen-bond acceptors (Lipinski definition) is 7. The van der Waals surface area contributed by atoms with Gasteiger partial charge in [0.15, 0.2) is 11.5 Å². The van der Waals surface area contributed by atoms with Gasteiger partial charge in [0.1, 0.15) is 0 Å². The number of aliphatic hydroxyl groups excluding tert-OH is 2. The van der Waals surface area contributed by atoms with Crippen LogP contribution in [0.2, 0.25) is 0 Å². The van der Waals surface area contributed by atoms with Gasteiger partial charge in [0.25, 0.3) is 5.56 Å². The lowest BCUT2D eigenvalue weighted by Gasteiger charge is -2.19. The molecule has 0 fully saturated rings. The molecule has 1 aromatic rings. The summed E-state index contributed by atoms with van der Waals surface area (Å²) in [5.74, 6) is 0.375. The number of allylic oxidation sites excluding steroid dienone is 3. The molecule has 0 aromatic carbocycles. The minimum atomic E-state index is -0.188. The summed E-state index contributed by atoms with van der Waals surface area (Å²) in [6.45, 7) is 3.81. The van der Waals surface area contributed by atoms with E-state index in [9.17, 15) is 9.90 Å². The van der Waals surface area contributed by atoms with Gasteiger partial charge >= 0.3 is 0 Å². The number of fused-ring (bicyclic) bond motifs is 1. The maximum atomic E-state index is 12.7. The number of nitrogens with two attached hydrogens (primary N) is 1. The highest BCUT2D eigenvalue weighted by Crippen LogP contribution is 2.24. The molecule has 0 unspecified atom stereocenters. The first-order valence-corrected chi connectivity index (χ1v) is 9.16. The number of hydrogen-bond donors (Lipinski definition) is 4. The fourth-order valence-corrected chi connectivity index (χ4v) is 3.33. The Hall–Kier alpha value is -2.65. The van der Waals surface area contributed by atoms with Crippen LogP contribution < -0.4 is 16.6 Å². The lowest BCUT2D eigenvalue weighted by atomic mass is 9.99. The highest BCUT2D eigenvalue weighted by molar-refractivity contribution is 6.24. The minimum absolute atomic E-state index is 0.0332. The van der Waals surface area contributed by atoms with Gasteiger partial charge in [-0.25, -0.2) is 9.67 Å². The van der Waals surface area contributed by atoms with E-state index in [0.717, 1.165) is 24.1 Å². The van der Waals surface area contributed by atoms with Gasteiger partial charge in [-0.3, -0.25) is 14.5 Å². The SMILES string of the molecule is CC1=C(NCCO)C(=Nc2c(N)n3n(c2=O)CCCC3)C=CC1=NCCO. The highest BCUT2D eigenvalue weighted by Gasteiger charge is 2.22. The molecule has 146 valence electrons. The molecule has 0 bridgehead atoms. The summed E-state index contributed by atoms with van der Waals surface area (Å²) in [5, 5.41) is 21.3. The first-order valence-electron chi connectivity index (χ1n) is 9.16. The standard InChI is InChI=1S/C18H26N6O3/c1-12-13(20-6-10-25)4-5-14(15(12)21-7-11-26)22-16-17(19)23-8-2-3-9-24(23)18(16)27/h4-5,21,25-26H,2-3,6-11,19H2,1H3. The van der Waals surface area contributed by atoms with Crippen LogP contribution in [-0.4, -0.2) is 57.3 Å². The summed E-state index contributed by atoms with van der Waals surface area (Å²) in [5.41, 5.74) is 9.07. The molecule has 0 saturated heterocycles. The molecule has 1 aromatic heterocycles. The number of aliphatic hydroxyl groups is 2. The molecule has 2 heterocycles. The molecule has 2 aliphatic rings. The fourth-order valence-electron chi connectivity index (χ4n) is 3.33. The van der Waals surface area contributed by atoms with Crippen molar-refractivity contribution in [3.05, 3.63) is 33.8 Å². The summed E-state index contributed by atoms with van der Waals surface area (Å²) in [7, 11) is 0. The van der Waals surface area contributed by atoms with Crippen molar-refractivity contribution in [3.8, 4) is 0 Å². The van der Waals surface area contributed by atoms with Crippen molar-refractivity contribution in [2.75, 3.05) is 32.0 Å². The van der Waals surface area contributed by atoms with Crippen molar-refractivity contribution < 1.29 is 10.2 Å². The predicted molar refractivity (Wildman–Crippen MR) is 106 cm³/mol. The summed E-state index contributed by atoms with van der Waals surface area (Å²) in [4.78, 5) is 21.6. The Morgan fingerprint density at radius 3 is 2.52 bits per heavy atom. The lowest BCUT2D eigenvalue weighted by molar-refractivity contribution is 0.298. The second kappa shape index (κ2) is 8.36. The Labute approximate surface area is 157 Å². The highest BCUT2D eigenvalue weighted by atomic mass is 16.3.